The number of rotatable bonds is 4. The third kappa shape index (κ3) is 3.24. The van der Waals surface area contributed by atoms with Crippen molar-refractivity contribution in [3.63, 3.8) is 0 Å². The van der Waals surface area contributed by atoms with Gasteiger partial charge in [-0.25, -0.2) is 9.66 Å². The molecule has 3 aromatic carbocycles. The first-order valence-corrected chi connectivity index (χ1v) is 9.66. The topological polar surface area (TPSA) is 62.5 Å². The van der Waals surface area contributed by atoms with Gasteiger partial charge in [-0.05, 0) is 19.1 Å². The third-order valence-electron chi connectivity index (χ3n) is 4.90. The smallest absolute Gasteiger partial charge is 0.251 e. The average molecular weight is 393 g/mol. The molecule has 0 bridgehead atoms. The SMILES string of the molecule is Cc1ccc(N2N=C(C(=O)c3ccccc3)Nn3cc(-c4ccccc4)nc32)cc1. The Bertz CT molecular complexity index is 1230. The molecular formula is C24H19N5O. The number of hydrogen-bond donors (Lipinski definition) is 1. The van der Waals surface area contributed by atoms with Crippen molar-refractivity contribution in [3.8, 4) is 11.3 Å². The van der Waals surface area contributed by atoms with Crippen LogP contribution in [-0.4, -0.2) is 21.3 Å². The number of benzene rings is 3. The number of fused-ring (bicyclic) bond motifs is 1. The van der Waals surface area contributed by atoms with E-state index in [0.29, 0.717) is 11.5 Å². The predicted octanol–water partition coefficient (Wildman–Crippen LogP) is 4.75. The molecule has 0 radical (unpaired) electrons. The van der Waals surface area contributed by atoms with Crippen molar-refractivity contribution in [1.29, 1.82) is 0 Å². The van der Waals surface area contributed by atoms with Crippen molar-refractivity contribution in [3.05, 3.63) is 102 Å². The van der Waals surface area contributed by atoms with E-state index in [1.54, 1.807) is 21.8 Å². The molecule has 1 N–H and O–H groups in total. The number of nitrogens with one attached hydrogen (secondary N) is 1. The van der Waals surface area contributed by atoms with Gasteiger partial charge in [0.25, 0.3) is 5.95 Å². The molecule has 1 aromatic heterocycles. The molecule has 0 unspecified atom stereocenters. The number of carbonyl (C=O) groups excluding carboxylic acids is 1. The van der Waals surface area contributed by atoms with Crippen LogP contribution in [0.3, 0.4) is 0 Å². The molecule has 0 saturated carbocycles. The summed E-state index contributed by atoms with van der Waals surface area (Å²) in [6.07, 6.45) is 1.87. The third-order valence-corrected chi connectivity index (χ3v) is 4.90. The monoisotopic (exact) mass is 393 g/mol. The summed E-state index contributed by atoms with van der Waals surface area (Å²) in [5.74, 6) is 0.627. The van der Waals surface area contributed by atoms with Crippen molar-refractivity contribution in [2.75, 3.05) is 10.4 Å². The lowest BCUT2D eigenvalue weighted by atomic mass is 10.1. The Kier molecular flexibility index (Phi) is 4.37. The number of hydrazone groups is 1. The fraction of sp³-hybridized carbons (Fsp3) is 0.0417. The summed E-state index contributed by atoms with van der Waals surface area (Å²) < 4.78 is 1.74. The number of amidine groups is 1. The molecule has 5 rings (SSSR count). The van der Waals surface area contributed by atoms with Crippen LogP contribution in [-0.2, 0) is 0 Å². The number of hydrogen-bond acceptors (Lipinski definition) is 5. The number of nitrogens with zero attached hydrogens (tertiary/aromatic N) is 4. The highest BCUT2D eigenvalue weighted by Crippen LogP contribution is 2.30. The van der Waals surface area contributed by atoms with Crippen molar-refractivity contribution in [2.45, 2.75) is 6.92 Å². The van der Waals surface area contributed by atoms with Crippen LogP contribution in [0, 0.1) is 6.92 Å². The minimum Gasteiger partial charge on any atom is -0.285 e. The Morgan fingerprint density at radius 3 is 2.23 bits per heavy atom. The summed E-state index contributed by atoms with van der Waals surface area (Å²) in [6, 6.07) is 27.0. The van der Waals surface area contributed by atoms with Gasteiger partial charge in [0, 0.05) is 11.1 Å². The Morgan fingerprint density at radius 1 is 0.867 bits per heavy atom. The molecule has 1 aliphatic rings. The summed E-state index contributed by atoms with van der Waals surface area (Å²) in [7, 11) is 0. The number of imidazole rings is 1. The molecule has 2 heterocycles. The number of aryl methyl sites for hydroxylation is 1. The van der Waals surface area contributed by atoms with Crippen LogP contribution < -0.4 is 10.4 Å². The van der Waals surface area contributed by atoms with E-state index in [1.165, 1.54) is 0 Å². The molecule has 0 fully saturated rings. The minimum atomic E-state index is -0.187. The molecule has 6 heteroatoms. The van der Waals surface area contributed by atoms with Crippen LogP contribution in [0.25, 0.3) is 11.3 Å². The maximum Gasteiger partial charge on any atom is 0.251 e. The first-order valence-electron chi connectivity index (χ1n) is 9.66. The molecule has 0 aliphatic carbocycles. The van der Waals surface area contributed by atoms with Crippen LogP contribution in [0.5, 0.6) is 0 Å². The lowest BCUT2D eigenvalue weighted by Gasteiger charge is -2.26. The first kappa shape index (κ1) is 17.9. The van der Waals surface area contributed by atoms with Gasteiger partial charge in [0.15, 0.2) is 0 Å². The summed E-state index contributed by atoms with van der Waals surface area (Å²) in [6.45, 7) is 2.03. The fourth-order valence-electron chi connectivity index (χ4n) is 3.31. The van der Waals surface area contributed by atoms with E-state index < -0.39 is 0 Å². The van der Waals surface area contributed by atoms with Crippen LogP contribution in [0.4, 0.5) is 11.6 Å². The molecule has 146 valence electrons. The fourth-order valence-corrected chi connectivity index (χ4v) is 3.31. The Balaban J connectivity index is 1.60. The lowest BCUT2D eigenvalue weighted by Crippen LogP contribution is -2.38. The molecule has 6 nitrogen and oxygen atoms in total. The molecule has 0 atom stereocenters. The van der Waals surface area contributed by atoms with Crippen LogP contribution in [0.15, 0.2) is 96.2 Å². The Morgan fingerprint density at radius 2 is 1.53 bits per heavy atom. The van der Waals surface area contributed by atoms with Gasteiger partial charge in [-0.2, -0.15) is 5.01 Å². The van der Waals surface area contributed by atoms with Gasteiger partial charge in [-0.1, -0.05) is 78.4 Å². The van der Waals surface area contributed by atoms with Crippen LogP contribution >= 0.6 is 0 Å². The number of anilines is 2. The second-order valence-corrected chi connectivity index (χ2v) is 7.07. The molecule has 0 amide bonds. The van der Waals surface area contributed by atoms with Crippen molar-refractivity contribution < 1.29 is 4.79 Å². The van der Waals surface area contributed by atoms with Gasteiger partial charge in [-0.3, -0.25) is 10.2 Å². The standard InChI is InChI=1S/C24H19N5O/c1-17-12-14-20(15-13-17)29-24-25-21(18-8-4-2-5-9-18)16-28(24)26-23(27-29)22(30)19-10-6-3-7-11-19/h2-16H,1H3,(H,26,27). The van der Waals surface area contributed by atoms with E-state index >= 15 is 0 Å². The Hall–Kier alpha value is -4.19. The van der Waals surface area contributed by atoms with E-state index in [0.717, 1.165) is 22.5 Å². The zero-order chi connectivity index (χ0) is 20.5. The zero-order valence-corrected chi connectivity index (χ0v) is 16.4. The molecule has 1 aliphatic heterocycles. The second kappa shape index (κ2) is 7.33. The van der Waals surface area contributed by atoms with Gasteiger partial charge in [0.05, 0.1) is 17.6 Å². The molecular weight excluding hydrogens is 374 g/mol. The van der Waals surface area contributed by atoms with Crippen molar-refractivity contribution in [2.24, 2.45) is 5.10 Å². The molecule has 0 spiro atoms. The average Bonchev–Trinajstić information content (AvgIpc) is 3.24. The molecule has 30 heavy (non-hydrogen) atoms. The molecule has 4 aromatic rings. The first-order chi connectivity index (χ1) is 14.7. The maximum atomic E-state index is 13.1. The zero-order valence-electron chi connectivity index (χ0n) is 16.4. The minimum absolute atomic E-state index is 0.187. The van der Waals surface area contributed by atoms with E-state index in [9.17, 15) is 4.79 Å². The van der Waals surface area contributed by atoms with E-state index in [1.807, 2.05) is 85.9 Å². The second-order valence-electron chi connectivity index (χ2n) is 7.07. The van der Waals surface area contributed by atoms with Crippen molar-refractivity contribution >= 4 is 23.3 Å². The summed E-state index contributed by atoms with van der Waals surface area (Å²) >= 11 is 0. The quantitative estimate of drug-likeness (QED) is 0.508. The number of ketones is 1. The number of aromatic nitrogens is 2. The highest BCUT2D eigenvalue weighted by Gasteiger charge is 2.27. The van der Waals surface area contributed by atoms with Crippen molar-refractivity contribution in [1.82, 2.24) is 9.66 Å². The largest absolute Gasteiger partial charge is 0.285 e. The van der Waals surface area contributed by atoms with Gasteiger partial charge in [-0.15, -0.1) is 5.10 Å². The van der Waals surface area contributed by atoms with E-state index in [2.05, 4.69) is 10.5 Å². The van der Waals surface area contributed by atoms with Gasteiger partial charge < -0.3 is 0 Å². The highest BCUT2D eigenvalue weighted by molar-refractivity contribution is 6.48. The lowest BCUT2D eigenvalue weighted by molar-refractivity contribution is 0.106. The number of Topliss-reactive ketones (excluding diaryl/α,β-unsaturated/α-hetero) is 1. The van der Waals surface area contributed by atoms with Crippen LogP contribution in [0.2, 0.25) is 0 Å². The predicted molar refractivity (Wildman–Crippen MR) is 119 cm³/mol. The Labute approximate surface area is 174 Å². The van der Waals surface area contributed by atoms with Crippen LogP contribution in [0.1, 0.15) is 15.9 Å². The maximum absolute atomic E-state index is 13.1. The van der Waals surface area contributed by atoms with E-state index in [-0.39, 0.29) is 11.6 Å². The highest BCUT2D eigenvalue weighted by atomic mass is 16.1. The van der Waals surface area contributed by atoms with E-state index in [4.69, 9.17) is 4.98 Å². The van der Waals surface area contributed by atoms with Gasteiger partial charge in [0.1, 0.15) is 0 Å². The number of carbonyl (C=O) groups is 1. The summed E-state index contributed by atoms with van der Waals surface area (Å²) in [4.78, 5) is 17.8. The molecule has 0 saturated heterocycles. The van der Waals surface area contributed by atoms with Gasteiger partial charge >= 0.3 is 0 Å². The summed E-state index contributed by atoms with van der Waals surface area (Å²) in [5.41, 5.74) is 7.43. The van der Waals surface area contributed by atoms with Gasteiger partial charge in [0.2, 0.25) is 11.6 Å². The summed E-state index contributed by atoms with van der Waals surface area (Å²) in [5, 5.41) is 6.31. The normalized spacial score (nSPS) is 12.7.